The molecule has 0 aromatic heterocycles. The van der Waals surface area contributed by atoms with E-state index in [9.17, 15) is 207 Å². The summed E-state index contributed by atoms with van der Waals surface area (Å²) in [5.74, 6) is 0. The molecule has 0 fully saturated rings. The summed E-state index contributed by atoms with van der Waals surface area (Å²) in [4.78, 5) is 0. The molecule has 0 heterocycles. The molecule has 0 bridgehead atoms. The molecule has 0 aliphatic rings. The van der Waals surface area contributed by atoms with Crippen LogP contribution in [0.25, 0.3) is 0 Å². The summed E-state index contributed by atoms with van der Waals surface area (Å²) in [6, 6.07) is 0. The maximum atomic E-state index is 9.75. The molecule has 0 nitrogen and oxygen atoms in total. The van der Waals surface area contributed by atoms with E-state index in [0.29, 0.717) is 0 Å². The van der Waals surface area contributed by atoms with E-state index < -0.39 is 87.1 Å². The molecule has 0 radical (unpaired) electrons. The molecular weight excluding hydrogens is 1120 g/mol. The van der Waals surface area contributed by atoms with Crippen molar-refractivity contribution in [1.82, 2.24) is 0 Å². The van der Waals surface area contributed by atoms with Crippen LogP contribution in [0.4, 0.5) is 207 Å². The predicted octanol–water partition coefficient (Wildman–Crippen LogP) is -20.4. The Kier molecular flexibility index (Phi) is 158. The minimum atomic E-state index is -6.00. The minimum absolute atomic E-state index is 0. The second-order valence-electron chi connectivity index (χ2n) is 5.94. The number of hydrogen-bond acceptors (Lipinski definition) is 0. The van der Waals surface area contributed by atoms with E-state index in [4.69, 9.17) is 0 Å². The fraction of sp³-hybridized carbons (Fsp3) is 0. The Morgan fingerprint density at radius 3 is 0.0694 bits per heavy atom. The van der Waals surface area contributed by atoms with Gasteiger partial charge in [-0.15, -0.1) is 0 Å². The van der Waals surface area contributed by atoms with Crippen LogP contribution in [0.3, 0.4) is 0 Å². The van der Waals surface area contributed by atoms with Gasteiger partial charge in [-0.1, -0.05) is 0 Å². The van der Waals surface area contributed by atoms with E-state index in [1.54, 1.807) is 0 Å². The number of rotatable bonds is 0. The molecule has 0 aliphatic heterocycles. The van der Waals surface area contributed by atoms with Crippen LogP contribution in [0, 0.1) is 0 Å². The van der Waals surface area contributed by atoms with E-state index in [1.807, 2.05) is 0 Å². The first kappa shape index (κ1) is 158. The number of hydrogen-bond donors (Lipinski definition) is 0. The Bertz CT molecular complexity index is 534. The molecule has 0 amide bonds. The first-order chi connectivity index (χ1) is 24.0. The predicted molar refractivity (Wildman–Crippen MR) is 122 cm³/mol. The van der Waals surface area contributed by atoms with E-state index in [0.717, 1.165) is 0 Å². The van der Waals surface area contributed by atoms with Gasteiger partial charge in [-0.3, -0.25) is 0 Å². The van der Waals surface area contributed by atoms with Crippen LogP contribution in [-0.2, 0) is 0 Å². The van der Waals surface area contributed by atoms with Crippen LogP contribution >= 0.6 is 0 Å². The van der Waals surface area contributed by atoms with Crippen molar-refractivity contribution in [3.8, 4) is 0 Å². The van der Waals surface area contributed by atoms with Gasteiger partial charge in [0.15, 0.2) is 0 Å². The average molecular weight is 1120 g/mol. The molecular formula is B12F48Li12. The minimum Gasteiger partial charge on any atom is -0.418 e. The first-order valence-corrected chi connectivity index (χ1v) is 10.5. The molecule has 0 aromatic rings. The van der Waals surface area contributed by atoms with Crippen molar-refractivity contribution in [3.63, 3.8) is 0 Å². The summed E-state index contributed by atoms with van der Waals surface area (Å²) in [7, 11) is -72.0. The molecule has 72 heteroatoms. The number of halogens is 48. The van der Waals surface area contributed by atoms with Crippen molar-refractivity contribution < 1.29 is 433 Å². The zero-order chi connectivity index (χ0) is 54.0. The van der Waals surface area contributed by atoms with Gasteiger partial charge in [-0.25, -0.2) is 0 Å². The van der Waals surface area contributed by atoms with E-state index >= 15 is 0 Å². The van der Waals surface area contributed by atoms with E-state index in [2.05, 4.69) is 0 Å². The van der Waals surface area contributed by atoms with Crippen molar-refractivity contribution in [2.45, 2.75) is 0 Å². The Morgan fingerprint density at radius 2 is 0.0694 bits per heavy atom. The summed E-state index contributed by atoms with van der Waals surface area (Å²) in [6.45, 7) is 0. The van der Waals surface area contributed by atoms with Crippen molar-refractivity contribution in [3.05, 3.63) is 0 Å². The van der Waals surface area contributed by atoms with Gasteiger partial charge in [0.2, 0.25) is 0 Å². The molecule has 0 rings (SSSR count). The topological polar surface area (TPSA) is 0 Å². The largest absolute Gasteiger partial charge is 1.00 e. The maximum absolute atomic E-state index is 9.75. The van der Waals surface area contributed by atoms with Crippen LogP contribution in [0.5, 0.6) is 0 Å². The quantitative estimate of drug-likeness (QED) is 0.168. The van der Waals surface area contributed by atoms with Gasteiger partial charge < -0.3 is 207 Å². The van der Waals surface area contributed by atoms with E-state index in [1.165, 1.54) is 0 Å². The second-order valence-corrected chi connectivity index (χ2v) is 5.94. The molecule has 0 N–H and O–H groups in total. The Labute approximate surface area is 515 Å². The van der Waals surface area contributed by atoms with Gasteiger partial charge in [0, 0.05) is 0 Å². The van der Waals surface area contributed by atoms with Gasteiger partial charge in [0.25, 0.3) is 0 Å². The SMILES string of the molecule is F[B-](F)(F)F.F[B-](F)(F)F.F[B-](F)(F)F.F[B-](F)(F)F.F[B-](F)(F)F.F[B-](F)(F)F.F[B-](F)(F)F.F[B-](F)(F)F.F[B-](F)(F)F.F[B-](F)(F)F.F[B-](F)(F)F.F[B-](F)(F)F.[Li+].[Li+].[Li+].[Li+].[Li+].[Li+].[Li+].[Li+].[Li+].[Li+].[Li+].[Li+]. The van der Waals surface area contributed by atoms with Gasteiger partial charge in [-0.2, -0.15) is 0 Å². The third-order valence-corrected chi connectivity index (χ3v) is 0. The van der Waals surface area contributed by atoms with Crippen molar-refractivity contribution in [2.24, 2.45) is 0 Å². The molecule has 0 unspecified atom stereocenters. The Morgan fingerprint density at radius 1 is 0.0694 bits per heavy atom. The van der Waals surface area contributed by atoms with Crippen LogP contribution in [0.15, 0.2) is 0 Å². The van der Waals surface area contributed by atoms with E-state index in [-0.39, 0.29) is 226 Å². The summed E-state index contributed by atoms with van der Waals surface area (Å²) in [5.41, 5.74) is 0. The van der Waals surface area contributed by atoms with Crippen LogP contribution < -0.4 is 226 Å². The third-order valence-electron chi connectivity index (χ3n) is 0. The third kappa shape index (κ3) is 19200. The Balaban J connectivity index is -0.0000000156. The summed E-state index contributed by atoms with van der Waals surface area (Å²) in [6.07, 6.45) is 0. The smallest absolute Gasteiger partial charge is 0.418 e. The first-order valence-electron chi connectivity index (χ1n) is 10.5. The molecule has 0 aromatic carbocycles. The fourth-order valence-electron chi connectivity index (χ4n) is 0. The van der Waals surface area contributed by atoms with Crippen LogP contribution in [0.2, 0.25) is 0 Å². The maximum Gasteiger partial charge on any atom is 1.00 e. The average Bonchev–Trinajstić information content (AvgIpc) is 2.48. The van der Waals surface area contributed by atoms with Gasteiger partial charge in [-0.05, 0) is 0 Å². The molecule has 0 saturated heterocycles. The van der Waals surface area contributed by atoms with Crippen LogP contribution in [0.1, 0.15) is 0 Å². The standard InChI is InChI=1S/12BF4.12Li/c12*2-1(3,4)5;;;;;;;;;;;;/q12*-1;12*+1. The molecule has 0 atom stereocenters. The zero-order valence-electron chi connectivity index (χ0n) is 37.1. The zero-order valence-corrected chi connectivity index (χ0v) is 37.1. The Hall–Kier alpha value is 4.59. The van der Waals surface area contributed by atoms with Crippen molar-refractivity contribution in [2.75, 3.05) is 0 Å². The van der Waals surface area contributed by atoms with Crippen LogP contribution in [-0.4, -0.2) is 87.1 Å². The van der Waals surface area contributed by atoms with Gasteiger partial charge in [0.1, 0.15) is 0 Å². The molecule has 0 saturated carbocycles. The molecule has 0 aliphatic carbocycles. The van der Waals surface area contributed by atoms with Gasteiger partial charge in [0.05, 0.1) is 0 Å². The summed E-state index contributed by atoms with van der Waals surface area (Å²) < 4.78 is 468. The fourth-order valence-corrected chi connectivity index (χ4v) is 0. The van der Waals surface area contributed by atoms with Gasteiger partial charge >= 0.3 is 313 Å². The van der Waals surface area contributed by atoms with Crippen molar-refractivity contribution >= 4 is 87.1 Å². The van der Waals surface area contributed by atoms with Crippen molar-refractivity contribution in [1.29, 1.82) is 0 Å². The molecule has 0 spiro atoms. The molecule has 384 valence electrons. The monoisotopic (exact) mass is 1130 g/mol. The molecule has 72 heavy (non-hydrogen) atoms. The summed E-state index contributed by atoms with van der Waals surface area (Å²) >= 11 is 0. The summed E-state index contributed by atoms with van der Waals surface area (Å²) in [5, 5.41) is 0. The normalized spacial score (nSPS) is 10.0. The second kappa shape index (κ2) is 71.7.